The number of fused-ring (bicyclic) bond motifs is 2. The van der Waals surface area contributed by atoms with Gasteiger partial charge in [-0.15, -0.1) is 0 Å². The Morgan fingerprint density at radius 2 is 2.07 bits per heavy atom. The van der Waals surface area contributed by atoms with E-state index in [-0.39, 0.29) is 18.2 Å². The Morgan fingerprint density at radius 1 is 1.36 bits per heavy atom. The lowest BCUT2D eigenvalue weighted by Gasteiger charge is -2.36. The Kier molecular flexibility index (Phi) is 5.20. The Morgan fingerprint density at radius 3 is 2.61 bits per heavy atom. The van der Waals surface area contributed by atoms with Crippen LogP contribution in [0, 0.1) is 17.1 Å². The topological polar surface area (TPSA) is 72.2 Å². The molecular formula is C20H26FN5O2. The molecule has 2 bridgehead atoms. The number of amides is 1. The van der Waals surface area contributed by atoms with E-state index in [1.54, 1.807) is 30.0 Å². The van der Waals surface area contributed by atoms with Gasteiger partial charge in [-0.3, -0.25) is 0 Å². The molecule has 1 amide bonds. The first-order valence-corrected chi connectivity index (χ1v) is 9.29. The number of carbonyl (C=O) groups excluding carboxylic acids is 1. The lowest BCUT2D eigenvalue weighted by Crippen LogP contribution is -2.50. The Bertz CT molecular complexity index is 840. The zero-order valence-electron chi connectivity index (χ0n) is 16.9. The lowest BCUT2D eigenvalue weighted by atomic mass is 10.1. The minimum absolute atomic E-state index is 0.00897. The maximum Gasteiger partial charge on any atom is 0.410 e. The third-order valence-electron chi connectivity index (χ3n) is 4.79. The Balaban J connectivity index is 1.78. The molecule has 2 aliphatic heterocycles. The van der Waals surface area contributed by atoms with Crippen LogP contribution in [0.5, 0.6) is 0 Å². The van der Waals surface area contributed by atoms with Crippen molar-refractivity contribution in [2.45, 2.75) is 44.9 Å². The molecular weight excluding hydrogens is 361 g/mol. The number of ether oxygens (including phenoxy) is 1. The minimum Gasteiger partial charge on any atom is -0.444 e. The quantitative estimate of drug-likeness (QED) is 0.589. The molecule has 2 aliphatic rings. The van der Waals surface area contributed by atoms with Crippen molar-refractivity contribution in [2.24, 2.45) is 4.99 Å². The van der Waals surface area contributed by atoms with Crippen molar-refractivity contribution in [3.63, 3.8) is 0 Å². The number of piperazine rings is 1. The first-order chi connectivity index (χ1) is 13.1. The summed E-state index contributed by atoms with van der Waals surface area (Å²) in [4.78, 5) is 21.9. The maximum atomic E-state index is 14.8. The lowest BCUT2D eigenvalue weighted by molar-refractivity contribution is 0.0214. The van der Waals surface area contributed by atoms with E-state index in [0.717, 1.165) is 6.42 Å². The first-order valence-electron chi connectivity index (χ1n) is 9.29. The highest BCUT2D eigenvalue weighted by Crippen LogP contribution is 2.38. The highest BCUT2D eigenvalue weighted by molar-refractivity contribution is 5.72. The molecule has 0 saturated carbocycles. The first kappa shape index (κ1) is 19.9. The minimum atomic E-state index is -0.546. The second-order valence-corrected chi connectivity index (χ2v) is 8.47. The van der Waals surface area contributed by atoms with Crippen LogP contribution in [0.15, 0.2) is 17.1 Å². The van der Waals surface area contributed by atoms with Crippen LogP contribution in [-0.2, 0) is 4.74 Å². The second-order valence-electron chi connectivity index (χ2n) is 8.47. The average Bonchev–Trinajstić information content (AvgIpc) is 3.19. The monoisotopic (exact) mass is 387 g/mol. The molecule has 0 radical (unpaired) electrons. The van der Waals surface area contributed by atoms with Gasteiger partial charge in [-0.2, -0.15) is 5.26 Å². The Hall–Kier alpha value is -2.82. The zero-order valence-corrected chi connectivity index (χ0v) is 16.9. The normalized spacial score (nSPS) is 21.3. The van der Waals surface area contributed by atoms with Crippen LogP contribution in [0.3, 0.4) is 0 Å². The fourth-order valence-electron chi connectivity index (χ4n) is 3.65. The standard InChI is InChI=1S/C20H26FN5O2/c1-20(2,3)28-19(27)26-11-14-7-15(26)10-25(14)18-6-13(9-22)17(8-16(18)21)23-12-24(4)5/h6,8,12,14-15H,7,10-11H2,1-5H3/t14-,15-/m0/s1. The molecule has 2 fully saturated rings. The van der Waals surface area contributed by atoms with Crippen LogP contribution >= 0.6 is 0 Å². The van der Waals surface area contributed by atoms with Crippen molar-refractivity contribution in [3.8, 4) is 6.07 Å². The van der Waals surface area contributed by atoms with Gasteiger partial charge in [0.1, 0.15) is 17.5 Å². The number of likely N-dealkylation sites (tertiary alicyclic amines) is 1. The van der Waals surface area contributed by atoms with E-state index in [4.69, 9.17) is 4.74 Å². The average molecular weight is 387 g/mol. The van der Waals surface area contributed by atoms with Gasteiger partial charge in [-0.05, 0) is 33.3 Å². The number of rotatable bonds is 3. The summed E-state index contributed by atoms with van der Waals surface area (Å²) in [5, 5.41) is 9.45. The van der Waals surface area contributed by atoms with Crippen LogP contribution in [0.1, 0.15) is 32.8 Å². The van der Waals surface area contributed by atoms with Gasteiger partial charge >= 0.3 is 6.09 Å². The number of hydrogen-bond donors (Lipinski definition) is 0. The van der Waals surface area contributed by atoms with Crippen LogP contribution in [0.2, 0.25) is 0 Å². The van der Waals surface area contributed by atoms with Crippen molar-refractivity contribution in [1.82, 2.24) is 9.80 Å². The molecule has 0 aliphatic carbocycles. The van der Waals surface area contributed by atoms with E-state index in [1.807, 2.05) is 25.7 Å². The Labute approximate surface area is 165 Å². The third-order valence-corrected chi connectivity index (χ3v) is 4.79. The molecule has 28 heavy (non-hydrogen) atoms. The highest BCUT2D eigenvalue weighted by Gasteiger charge is 2.47. The maximum absolute atomic E-state index is 14.8. The molecule has 8 heteroatoms. The summed E-state index contributed by atoms with van der Waals surface area (Å²) in [6.45, 7) is 6.52. The van der Waals surface area contributed by atoms with Gasteiger partial charge in [0.25, 0.3) is 0 Å². The number of hydrogen-bond acceptors (Lipinski definition) is 5. The number of halogens is 1. The van der Waals surface area contributed by atoms with Crippen molar-refractivity contribution < 1.29 is 13.9 Å². The number of anilines is 1. The fraction of sp³-hybridized carbons (Fsp3) is 0.550. The molecule has 7 nitrogen and oxygen atoms in total. The number of aliphatic imine (C=N–C) groups is 1. The molecule has 0 aromatic heterocycles. The summed E-state index contributed by atoms with van der Waals surface area (Å²) < 4.78 is 20.3. The van der Waals surface area contributed by atoms with Gasteiger partial charge in [0, 0.05) is 39.3 Å². The molecule has 2 heterocycles. The van der Waals surface area contributed by atoms with Crippen molar-refractivity contribution in [2.75, 3.05) is 32.1 Å². The summed E-state index contributed by atoms with van der Waals surface area (Å²) in [5.41, 5.74) is 0.463. The third kappa shape index (κ3) is 4.03. The smallest absolute Gasteiger partial charge is 0.410 e. The summed E-state index contributed by atoms with van der Waals surface area (Å²) in [6, 6.07) is 4.94. The van der Waals surface area contributed by atoms with Gasteiger partial charge in [0.15, 0.2) is 0 Å². The summed E-state index contributed by atoms with van der Waals surface area (Å²) in [5.74, 6) is -0.415. The molecule has 1 aromatic carbocycles. The SMILES string of the molecule is CN(C)C=Nc1cc(F)c(N2C[C@@H]3C[C@H]2CN3C(=O)OC(C)(C)C)cc1C#N. The van der Waals surface area contributed by atoms with Crippen LogP contribution in [0.4, 0.5) is 20.6 Å². The van der Waals surface area contributed by atoms with E-state index >= 15 is 0 Å². The fourth-order valence-corrected chi connectivity index (χ4v) is 3.65. The van der Waals surface area contributed by atoms with Crippen LogP contribution in [-0.4, -0.2) is 67.1 Å². The van der Waals surface area contributed by atoms with Crippen LogP contribution < -0.4 is 4.90 Å². The predicted molar refractivity (Wildman–Crippen MR) is 105 cm³/mol. The van der Waals surface area contributed by atoms with E-state index in [9.17, 15) is 14.4 Å². The number of benzene rings is 1. The molecule has 2 saturated heterocycles. The van der Waals surface area contributed by atoms with Crippen molar-refractivity contribution in [1.29, 1.82) is 5.26 Å². The second kappa shape index (κ2) is 7.30. The molecule has 2 atom stereocenters. The van der Waals surface area contributed by atoms with Gasteiger partial charge in [-0.25, -0.2) is 14.2 Å². The van der Waals surface area contributed by atoms with Crippen LogP contribution in [0.25, 0.3) is 0 Å². The molecule has 3 rings (SSSR count). The molecule has 0 N–H and O–H groups in total. The highest BCUT2D eigenvalue weighted by atomic mass is 19.1. The number of nitrogens with zero attached hydrogens (tertiary/aromatic N) is 5. The predicted octanol–water partition coefficient (Wildman–Crippen LogP) is 3.12. The van der Waals surface area contributed by atoms with E-state index in [1.165, 1.54) is 12.4 Å². The van der Waals surface area contributed by atoms with E-state index in [0.29, 0.717) is 30.0 Å². The van der Waals surface area contributed by atoms with Gasteiger partial charge in [0.2, 0.25) is 0 Å². The van der Waals surface area contributed by atoms with E-state index < -0.39 is 11.4 Å². The van der Waals surface area contributed by atoms with Gasteiger partial charge in [-0.1, -0.05) is 0 Å². The molecule has 1 aromatic rings. The molecule has 0 spiro atoms. The molecule has 150 valence electrons. The number of carbonyl (C=O) groups is 1. The number of nitriles is 1. The van der Waals surface area contributed by atoms with Gasteiger partial charge in [0.05, 0.1) is 29.3 Å². The summed E-state index contributed by atoms with van der Waals surface area (Å²) >= 11 is 0. The van der Waals surface area contributed by atoms with Crippen molar-refractivity contribution >= 4 is 23.8 Å². The molecule has 0 unspecified atom stereocenters. The summed E-state index contributed by atoms with van der Waals surface area (Å²) in [6.07, 6.45) is 1.97. The van der Waals surface area contributed by atoms with Gasteiger partial charge < -0.3 is 19.4 Å². The van der Waals surface area contributed by atoms with Crippen molar-refractivity contribution in [3.05, 3.63) is 23.5 Å². The zero-order chi connectivity index (χ0) is 20.6. The summed E-state index contributed by atoms with van der Waals surface area (Å²) in [7, 11) is 3.61. The van der Waals surface area contributed by atoms with E-state index in [2.05, 4.69) is 11.1 Å². The largest absolute Gasteiger partial charge is 0.444 e.